The van der Waals surface area contributed by atoms with Crippen molar-refractivity contribution in [2.75, 3.05) is 6.61 Å². The van der Waals surface area contributed by atoms with E-state index < -0.39 is 36.0 Å². The summed E-state index contributed by atoms with van der Waals surface area (Å²) in [5, 5.41) is 3.20. The van der Waals surface area contributed by atoms with Crippen LogP contribution in [0.4, 0.5) is 4.79 Å². The van der Waals surface area contributed by atoms with Gasteiger partial charge in [-0.2, -0.15) is 5.01 Å². The van der Waals surface area contributed by atoms with Gasteiger partial charge in [-0.1, -0.05) is 30.3 Å². The van der Waals surface area contributed by atoms with Crippen LogP contribution in [0, 0.1) is 6.92 Å². The number of hydrazine groups is 1. The summed E-state index contributed by atoms with van der Waals surface area (Å²) in [6, 6.07) is 8.78. The van der Waals surface area contributed by atoms with Crippen LogP contribution in [0.3, 0.4) is 0 Å². The van der Waals surface area contributed by atoms with Gasteiger partial charge in [0.15, 0.2) is 12.3 Å². The number of hydrogen-bond donors (Lipinski definition) is 2. The molecule has 1 aromatic heterocycles. The van der Waals surface area contributed by atoms with Crippen molar-refractivity contribution in [3.8, 4) is 0 Å². The Kier molecular flexibility index (Phi) is 6.05. The third-order valence-electron chi connectivity index (χ3n) is 4.58. The Morgan fingerprint density at radius 2 is 1.90 bits per heavy atom. The largest absolute Gasteiger partial charge is 0.451 e. The average Bonchev–Trinajstić information content (AvgIpc) is 2.95. The molecule has 156 valence electrons. The first kappa shape index (κ1) is 20.9. The predicted molar refractivity (Wildman–Crippen MR) is 104 cm³/mol. The normalized spacial score (nSPS) is 18.1. The number of hydrogen-bond acceptors (Lipinski definition) is 7. The number of carbonyl (C=O) groups is 4. The zero-order chi connectivity index (χ0) is 21.7. The summed E-state index contributed by atoms with van der Waals surface area (Å²) >= 11 is 0. The minimum atomic E-state index is -1.16. The van der Waals surface area contributed by atoms with Gasteiger partial charge in [0.05, 0.1) is 11.9 Å². The van der Waals surface area contributed by atoms with E-state index in [9.17, 15) is 19.2 Å². The monoisotopic (exact) mass is 411 g/mol. The van der Waals surface area contributed by atoms with Crippen LogP contribution in [0.2, 0.25) is 0 Å². The Bertz CT molecular complexity index is 963. The lowest BCUT2D eigenvalue weighted by Gasteiger charge is -2.21. The predicted octanol–water partition coefficient (Wildman–Crippen LogP) is 0.916. The van der Waals surface area contributed by atoms with Gasteiger partial charge in [0.1, 0.15) is 5.54 Å². The number of imide groups is 1. The maximum absolute atomic E-state index is 12.7. The van der Waals surface area contributed by atoms with E-state index in [2.05, 4.69) is 20.7 Å². The van der Waals surface area contributed by atoms with Crippen LogP contribution >= 0.6 is 0 Å². The van der Waals surface area contributed by atoms with Crippen molar-refractivity contribution >= 4 is 23.8 Å². The van der Waals surface area contributed by atoms with Gasteiger partial charge in [0, 0.05) is 6.20 Å². The zero-order valence-corrected chi connectivity index (χ0v) is 16.5. The quantitative estimate of drug-likeness (QED) is 0.512. The first-order chi connectivity index (χ1) is 14.3. The molecule has 2 heterocycles. The number of ether oxygens (including phenoxy) is 1. The maximum Gasteiger partial charge on any atom is 0.359 e. The topological polar surface area (TPSA) is 131 Å². The first-order valence-electron chi connectivity index (χ1n) is 9.24. The van der Waals surface area contributed by atoms with Crippen molar-refractivity contribution in [2.45, 2.75) is 32.2 Å². The summed E-state index contributed by atoms with van der Waals surface area (Å²) in [5.41, 5.74) is 2.60. The fourth-order valence-electron chi connectivity index (χ4n) is 2.85. The van der Waals surface area contributed by atoms with Gasteiger partial charge in [-0.3, -0.25) is 20.0 Å². The van der Waals surface area contributed by atoms with Crippen molar-refractivity contribution in [1.29, 1.82) is 0 Å². The molecular formula is C20H21N5O5. The number of nitrogens with zero attached hydrogens (tertiary/aromatic N) is 3. The minimum Gasteiger partial charge on any atom is -0.451 e. The molecule has 2 N–H and O–H groups in total. The molecule has 30 heavy (non-hydrogen) atoms. The number of aromatic nitrogens is 2. The van der Waals surface area contributed by atoms with Crippen molar-refractivity contribution in [3.63, 3.8) is 0 Å². The number of nitrogens with one attached hydrogen (secondary N) is 2. The van der Waals surface area contributed by atoms with Crippen LogP contribution in [-0.4, -0.2) is 50.9 Å². The Labute approximate surface area is 172 Å². The SMILES string of the molecule is Cc1cnc(C(=O)OCC(=O)NN2C(=O)N[C@](C)(CCc3ccccc3)C2=O)cn1. The summed E-state index contributed by atoms with van der Waals surface area (Å²) in [5.74, 6) is -2.27. The van der Waals surface area contributed by atoms with Gasteiger partial charge in [0.2, 0.25) is 0 Å². The van der Waals surface area contributed by atoms with Crippen LogP contribution in [-0.2, 0) is 20.7 Å². The molecule has 0 bridgehead atoms. The maximum atomic E-state index is 12.7. The van der Waals surface area contributed by atoms with E-state index >= 15 is 0 Å². The van der Waals surface area contributed by atoms with Crippen molar-refractivity contribution in [2.24, 2.45) is 0 Å². The highest BCUT2D eigenvalue weighted by atomic mass is 16.5. The summed E-state index contributed by atoms with van der Waals surface area (Å²) < 4.78 is 4.84. The molecule has 1 aromatic carbocycles. The van der Waals surface area contributed by atoms with E-state index in [4.69, 9.17) is 4.74 Å². The molecule has 3 rings (SSSR count). The highest BCUT2D eigenvalue weighted by Crippen LogP contribution is 2.22. The molecule has 0 aliphatic carbocycles. The molecule has 0 spiro atoms. The summed E-state index contributed by atoms with van der Waals surface area (Å²) in [4.78, 5) is 56.6. The lowest BCUT2D eigenvalue weighted by Crippen LogP contribution is -2.50. The lowest BCUT2D eigenvalue weighted by molar-refractivity contribution is -0.140. The molecule has 1 fully saturated rings. The summed E-state index contributed by atoms with van der Waals surface area (Å²) in [6.45, 7) is 2.62. The average molecular weight is 411 g/mol. The third kappa shape index (κ3) is 4.77. The molecule has 4 amide bonds. The number of aryl methyl sites for hydroxylation is 2. The number of esters is 1. The number of amides is 4. The van der Waals surface area contributed by atoms with Crippen LogP contribution in [0.25, 0.3) is 0 Å². The Morgan fingerprint density at radius 1 is 1.17 bits per heavy atom. The Hall–Kier alpha value is -3.82. The van der Waals surface area contributed by atoms with Crippen LogP contribution in [0.1, 0.15) is 35.1 Å². The van der Waals surface area contributed by atoms with Gasteiger partial charge >= 0.3 is 12.0 Å². The van der Waals surface area contributed by atoms with E-state index in [0.717, 1.165) is 5.56 Å². The highest BCUT2D eigenvalue weighted by molar-refractivity contribution is 6.07. The highest BCUT2D eigenvalue weighted by Gasteiger charge is 2.48. The van der Waals surface area contributed by atoms with E-state index in [1.807, 2.05) is 30.3 Å². The molecule has 0 radical (unpaired) electrons. The lowest BCUT2D eigenvalue weighted by atomic mass is 9.93. The van der Waals surface area contributed by atoms with Gasteiger partial charge in [-0.05, 0) is 32.3 Å². The molecule has 1 atom stereocenters. The van der Waals surface area contributed by atoms with E-state index in [0.29, 0.717) is 23.5 Å². The van der Waals surface area contributed by atoms with Gasteiger partial charge in [-0.15, -0.1) is 0 Å². The van der Waals surface area contributed by atoms with E-state index in [1.54, 1.807) is 13.8 Å². The fraction of sp³-hybridized carbons (Fsp3) is 0.300. The molecular weight excluding hydrogens is 390 g/mol. The van der Waals surface area contributed by atoms with Gasteiger partial charge in [0.25, 0.3) is 11.8 Å². The number of carbonyl (C=O) groups excluding carboxylic acids is 4. The van der Waals surface area contributed by atoms with Crippen molar-refractivity contribution in [1.82, 2.24) is 25.7 Å². The Morgan fingerprint density at radius 3 is 2.57 bits per heavy atom. The minimum absolute atomic E-state index is 0.0584. The molecule has 1 aliphatic heterocycles. The van der Waals surface area contributed by atoms with E-state index in [-0.39, 0.29) is 5.69 Å². The van der Waals surface area contributed by atoms with E-state index in [1.165, 1.54) is 12.4 Å². The summed E-state index contributed by atoms with van der Waals surface area (Å²) in [6.07, 6.45) is 3.54. The fourth-order valence-corrected chi connectivity index (χ4v) is 2.85. The molecule has 10 heteroatoms. The van der Waals surface area contributed by atoms with Crippen LogP contribution in [0.5, 0.6) is 0 Å². The molecule has 2 aromatic rings. The summed E-state index contributed by atoms with van der Waals surface area (Å²) in [7, 11) is 0. The molecule has 10 nitrogen and oxygen atoms in total. The number of benzene rings is 1. The second kappa shape index (κ2) is 8.68. The molecule has 1 saturated heterocycles. The smallest absolute Gasteiger partial charge is 0.359 e. The van der Waals surface area contributed by atoms with Gasteiger partial charge < -0.3 is 10.1 Å². The molecule has 0 saturated carbocycles. The second-order valence-corrected chi connectivity index (χ2v) is 7.04. The van der Waals surface area contributed by atoms with Gasteiger partial charge in [-0.25, -0.2) is 14.6 Å². The number of rotatable bonds is 7. The first-order valence-corrected chi connectivity index (χ1v) is 9.24. The Balaban J connectivity index is 1.53. The second-order valence-electron chi connectivity index (χ2n) is 7.04. The standard InChI is InChI=1S/C20H21N5O5/c1-13-10-22-15(11-21-13)17(27)30-12-16(26)24-25-18(28)20(2,23-19(25)29)9-8-14-6-4-3-5-7-14/h3-7,10-11H,8-9,12H2,1-2H3,(H,23,29)(H,24,26)/t20-/m1/s1. The molecule has 1 aliphatic rings. The van der Waals surface area contributed by atoms with Crippen LogP contribution < -0.4 is 10.7 Å². The van der Waals surface area contributed by atoms with Crippen molar-refractivity contribution in [3.05, 3.63) is 59.7 Å². The third-order valence-corrected chi connectivity index (χ3v) is 4.58. The molecule has 0 unspecified atom stereocenters. The number of urea groups is 1. The zero-order valence-electron chi connectivity index (χ0n) is 16.5. The van der Waals surface area contributed by atoms with Crippen LogP contribution in [0.15, 0.2) is 42.7 Å². The van der Waals surface area contributed by atoms with Crippen molar-refractivity contribution < 1.29 is 23.9 Å².